The first-order valence-electron chi connectivity index (χ1n) is 6.18. The maximum absolute atomic E-state index is 11.7. The maximum atomic E-state index is 11.7. The summed E-state index contributed by atoms with van der Waals surface area (Å²) >= 11 is 10.5. The molecule has 0 aliphatic rings. The Morgan fingerprint density at radius 3 is 2.73 bits per heavy atom. The van der Waals surface area contributed by atoms with Crippen LogP contribution in [0.4, 0.5) is 0 Å². The Balaban J connectivity index is 2.05. The van der Waals surface area contributed by atoms with Gasteiger partial charge in [-0.1, -0.05) is 11.6 Å². The van der Waals surface area contributed by atoms with Crippen molar-refractivity contribution in [2.24, 2.45) is 0 Å². The molecule has 0 radical (unpaired) electrons. The number of halogens is 2. The predicted octanol–water partition coefficient (Wildman–Crippen LogP) is 5.29. The van der Waals surface area contributed by atoms with Crippen LogP contribution in [-0.4, -0.2) is 18.1 Å². The Labute approximate surface area is 143 Å². The van der Waals surface area contributed by atoms with Crippen LogP contribution in [0.1, 0.15) is 9.67 Å². The molecule has 0 atom stereocenters. The smallest absolute Gasteiger partial charge is 0.348 e. The molecule has 4 nitrogen and oxygen atoms in total. The summed E-state index contributed by atoms with van der Waals surface area (Å²) in [5.41, 5.74) is 0. The first-order valence-corrected chi connectivity index (χ1v) is 8.17. The van der Waals surface area contributed by atoms with Gasteiger partial charge < -0.3 is 9.47 Å². The molecule has 0 aliphatic carbocycles. The van der Waals surface area contributed by atoms with Gasteiger partial charge in [0.15, 0.2) is 5.75 Å². The van der Waals surface area contributed by atoms with Crippen LogP contribution < -0.4 is 4.74 Å². The van der Waals surface area contributed by atoms with Crippen LogP contribution in [0.15, 0.2) is 41.1 Å². The Morgan fingerprint density at radius 2 is 2.05 bits per heavy atom. The van der Waals surface area contributed by atoms with E-state index in [1.807, 2.05) is 0 Å². The third-order valence-corrected chi connectivity index (χ3v) is 5.15. The minimum absolute atomic E-state index is 0.384. The van der Waals surface area contributed by atoms with Crippen LogP contribution >= 0.6 is 38.9 Å². The van der Waals surface area contributed by atoms with E-state index in [1.165, 1.54) is 18.4 Å². The second-order valence-corrected chi connectivity index (χ2v) is 6.55. The molecule has 0 saturated carbocycles. The Hall–Kier alpha value is -1.63. The van der Waals surface area contributed by atoms with Crippen molar-refractivity contribution >= 4 is 54.9 Å². The number of pyridine rings is 1. The average molecular weight is 399 g/mol. The van der Waals surface area contributed by atoms with Crippen LogP contribution in [0.2, 0.25) is 5.02 Å². The number of rotatable bonds is 3. The minimum Gasteiger partial charge on any atom is -0.465 e. The minimum atomic E-state index is -0.384. The molecule has 1 aromatic carbocycles. The highest BCUT2D eigenvalue weighted by Crippen LogP contribution is 2.38. The number of benzene rings is 1. The average Bonchev–Trinajstić information content (AvgIpc) is 2.98. The van der Waals surface area contributed by atoms with E-state index in [2.05, 4.69) is 20.9 Å². The van der Waals surface area contributed by atoms with Crippen LogP contribution in [-0.2, 0) is 4.74 Å². The molecule has 0 amide bonds. The number of methoxy groups -OCH3 is 1. The highest BCUT2D eigenvalue weighted by atomic mass is 79.9. The molecular formula is C15H9BrClNO3S. The number of aromatic nitrogens is 1. The first kappa shape index (κ1) is 15.3. The van der Waals surface area contributed by atoms with Gasteiger partial charge in [-0.05, 0) is 46.3 Å². The second-order valence-electron chi connectivity index (χ2n) is 4.31. The molecule has 0 fully saturated rings. The topological polar surface area (TPSA) is 48.4 Å². The lowest BCUT2D eigenvalue weighted by Crippen LogP contribution is -1.96. The molecule has 0 N–H and O–H groups in total. The van der Waals surface area contributed by atoms with Gasteiger partial charge in [-0.3, -0.25) is 0 Å². The van der Waals surface area contributed by atoms with E-state index in [-0.39, 0.29) is 5.97 Å². The summed E-state index contributed by atoms with van der Waals surface area (Å²) in [5.74, 6) is 0.818. The number of hydrogen-bond donors (Lipinski definition) is 0. The number of carbonyl (C=O) groups excluding carboxylic acids is 1. The summed E-state index contributed by atoms with van der Waals surface area (Å²) in [6, 6.07) is 8.76. The molecule has 0 aliphatic heterocycles. The molecule has 0 bridgehead atoms. The number of carbonyl (C=O) groups is 1. The summed E-state index contributed by atoms with van der Waals surface area (Å²) in [5, 5.41) is 1.43. The SMILES string of the molecule is COC(=O)c1cc2c(Oc3ccc(Cl)cc3)cnc(Br)c2s1. The van der Waals surface area contributed by atoms with Crippen molar-refractivity contribution in [2.45, 2.75) is 0 Å². The van der Waals surface area contributed by atoms with Crippen LogP contribution in [0.3, 0.4) is 0 Å². The zero-order chi connectivity index (χ0) is 15.7. The molecule has 7 heteroatoms. The van der Waals surface area contributed by atoms with Crippen molar-refractivity contribution in [2.75, 3.05) is 7.11 Å². The van der Waals surface area contributed by atoms with Gasteiger partial charge in [0.05, 0.1) is 18.0 Å². The molecule has 2 heterocycles. The molecule has 3 aromatic rings. The fraction of sp³-hybridized carbons (Fsp3) is 0.0667. The molecule has 2 aromatic heterocycles. The zero-order valence-electron chi connectivity index (χ0n) is 11.3. The van der Waals surface area contributed by atoms with Gasteiger partial charge in [0.1, 0.15) is 15.2 Å². The Morgan fingerprint density at radius 1 is 1.32 bits per heavy atom. The van der Waals surface area contributed by atoms with E-state index in [0.717, 1.165) is 10.1 Å². The molecule has 0 spiro atoms. The second kappa shape index (κ2) is 6.24. The van der Waals surface area contributed by atoms with Crippen LogP contribution in [0, 0.1) is 0 Å². The van der Waals surface area contributed by atoms with E-state index < -0.39 is 0 Å². The number of ether oxygens (including phenoxy) is 2. The molecule has 0 unspecified atom stereocenters. The lowest BCUT2D eigenvalue weighted by molar-refractivity contribution is 0.0606. The highest BCUT2D eigenvalue weighted by Gasteiger charge is 2.16. The fourth-order valence-corrected chi connectivity index (χ4v) is 3.54. The lowest BCUT2D eigenvalue weighted by Gasteiger charge is -2.07. The largest absolute Gasteiger partial charge is 0.465 e. The third kappa shape index (κ3) is 2.95. The Bertz CT molecular complexity index is 848. The van der Waals surface area contributed by atoms with Crippen LogP contribution in [0.5, 0.6) is 11.5 Å². The van der Waals surface area contributed by atoms with Crippen molar-refractivity contribution in [3.63, 3.8) is 0 Å². The quantitative estimate of drug-likeness (QED) is 0.444. The molecule has 22 heavy (non-hydrogen) atoms. The van der Waals surface area contributed by atoms with Gasteiger partial charge in [0.2, 0.25) is 0 Å². The third-order valence-electron chi connectivity index (χ3n) is 2.91. The highest BCUT2D eigenvalue weighted by molar-refractivity contribution is 9.10. The zero-order valence-corrected chi connectivity index (χ0v) is 14.5. The Kier molecular flexibility index (Phi) is 4.33. The van der Waals surface area contributed by atoms with Crippen molar-refractivity contribution in [3.8, 4) is 11.5 Å². The number of nitrogens with zero attached hydrogens (tertiary/aromatic N) is 1. The van der Waals surface area contributed by atoms with Gasteiger partial charge in [-0.2, -0.15) is 0 Å². The maximum Gasteiger partial charge on any atom is 0.348 e. The van der Waals surface area contributed by atoms with E-state index in [4.69, 9.17) is 21.1 Å². The number of thiophene rings is 1. The fourth-order valence-electron chi connectivity index (χ4n) is 1.88. The van der Waals surface area contributed by atoms with E-state index in [0.29, 0.717) is 26.0 Å². The summed E-state index contributed by atoms with van der Waals surface area (Å²) in [6.45, 7) is 0. The molecule has 3 rings (SSSR count). The van der Waals surface area contributed by atoms with E-state index >= 15 is 0 Å². The number of hydrogen-bond acceptors (Lipinski definition) is 5. The number of esters is 1. The van der Waals surface area contributed by atoms with Gasteiger partial charge in [0, 0.05) is 10.4 Å². The van der Waals surface area contributed by atoms with Gasteiger partial charge in [-0.25, -0.2) is 9.78 Å². The predicted molar refractivity (Wildman–Crippen MR) is 90.2 cm³/mol. The van der Waals surface area contributed by atoms with Crippen molar-refractivity contribution in [3.05, 3.63) is 51.0 Å². The molecule has 112 valence electrons. The van der Waals surface area contributed by atoms with E-state index in [9.17, 15) is 4.79 Å². The first-order chi connectivity index (χ1) is 10.6. The molecular weight excluding hydrogens is 390 g/mol. The van der Waals surface area contributed by atoms with Gasteiger partial charge >= 0.3 is 5.97 Å². The summed E-state index contributed by atoms with van der Waals surface area (Å²) in [6.07, 6.45) is 1.61. The van der Waals surface area contributed by atoms with E-state index in [1.54, 1.807) is 36.5 Å². The van der Waals surface area contributed by atoms with Crippen molar-refractivity contribution < 1.29 is 14.3 Å². The number of fused-ring (bicyclic) bond motifs is 1. The van der Waals surface area contributed by atoms with Gasteiger partial charge in [0.25, 0.3) is 0 Å². The van der Waals surface area contributed by atoms with Crippen molar-refractivity contribution in [1.82, 2.24) is 4.98 Å². The van der Waals surface area contributed by atoms with Gasteiger partial charge in [-0.15, -0.1) is 11.3 Å². The normalized spacial score (nSPS) is 10.7. The summed E-state index contributed by atoms with van der Waals surface area (Å²) in [7, 11) is 1.35. The molecule has 0 saturated heterocycles. The van der Waals surface area contributed by atoms with Crippen LogP contribution in [0.25, 0.3) is 10.1 Å². The monoisotopic (exact) mass is 397 g/mol. The standard InChI is InChI=1S/C15H9BrClNO3S/c1-20-15(19)12-6-10-11(7-18-14(16)13(10)22-12)21-9-4-2-8(17)3-5-9/h2-7H,1H3. The summed E-state index contributed by atoms with van der Waals surface area (Å²) < 4.78 is 12.1. The van der Waals surface area contributed by atoms with Crippen molar-refractivity contribution in [1.29, 1.82) is 0 Å². The lowest BCUT2D eigenvalue weighted by atomic mass is 10.3. The summed E-state index contributed by atoms with van der Waals surface area (Å²) in [4.78, 5) is 16.4.